The first kappa shape index (κ1) is 27.7. The average molecular weight is 562 g/mol. The van der Waals surface area contributed by atoms with Gasteiger partial charge < -0.3 is 19.9 Å². The highest BCUT2D eigenvalue weighted by Crippen LogP contribution is 2.37. The van der Waals surface area contributed by atoms with Crippen molar-refractivity contribution in [1.29, 1.82) is 0 Å². The summed E-state index contributed by atoms with van der Waals surface area (Å²) in [5.74, 6) is -1.11. The third-order valence-corrected chi connectivity index (χ3v) is 8.63. The molecular formula is C36H36FN3O2. The molecule has 6 rings (SSSR count). The molecule has 6 heteroatoms. The minimum absolute atomic E-state index is 0.0346. The van der Waals surface area contributed by atoms with Crippen molar-refractivity contribution in [1.82, 2.24) is 9.88 Å². The van der Waals surface area contributed by atoms with Gasteiger partial charge in [-0.15, -0.1) is 0 Å². The Morgan fingerprint density at radius 3 is 2.43 bits per heavy atom. The minimum atomic E-state index is -0.542. The lowest BCUT2D eigenvalue weighted by molar-refractivity contribution is 0.0977. The van der Waals surface area contributed by atoms with Crippen LogP contribution in [0.2, 0.25) is 0 Å². The maximum absolute atomic E-state index is 14.3. The number of para-hydroxylation sites is 1. The van der Waals surface area contributed by atoms with Crippen molar-refractivity contribution in [3.63, 3.8) is 0 Å². The van der Waals surface area contributed by atoms with E-state index in [1.165, 1.54) is 23.9 Å². The van der Waals surface area contributed by atoms with Gasteiger partial charge in [0.15, 0.2) is 5.78 Å². The zero-order valence-corrected chi connectivity index (χ0v) is 24.1. The van der Waals surface area contributed by atoms with Crippen LogP contribution < -0.4 is 4.90 Å². The number of halogens is 1. The number of hydrogen-bond donors (Lipinski definition) is 2. The number of H-pyrrole nitrogens is 1. The van der Waals surface area contributed by atoms with Crippen molar-refractivity contribution in [2.24, 2.45) is 0 Å². The van der Waals surface area contributed by atoms with E-state index in [0.717, 1.165) is 53.7 Å². The number of carbonyl (C=O) groups excluding carboxylic acids is 1. The molecule has 0 unspecified atom stereocenters. The Kier molecular flexibility index (Phi) is 7.81. The number of anilines is 1. The maximum atomic E-state index is 14.3. The highest BCUT2D eigenvalue weighted by Gasteiger charge is 2.25. The number of nitrogens with zero attached hydrogens (tertiary/aromatic N) is 2. The molecule has 5 nitrogen and oxygen atoms in total. The topological polar surface area (TPSA) is 59.6 Å². The smallest absolute Gasteiger partial charge is 0.163 e. The molecule has 1 saturated heterocycles. The normalized spacial score (nSPS) is 14.9. The van der Waals surface area contributed by atoms with E-state index in [0.29, 0.717) is 17.2 Å². The third-order valence-electron chi connectivity index (χ3n) is 8.63. The number of fused-ring (bicyclic) bond motifs is 1. The summed E-state index contributed by atoms with van der Waals surface area (Å²) < 4.78 is 14.3. The number of rotatable bonds is 8. The Balaban J connectivity index is 1.24. The molecule has 2 heterocycles. The Hall–Kier alpha value is -4.42. The van der Waals surface area contributed by atoms with Crippen LogP contribution in [-0.2, 0) is 0 Å². The molecule has 0 aliphatic carbocycles. The molecule has 4 aromatic carbocycles. The van der Waals surface area contributed by atoms with Crippen molar-refractivity contribution in [2.45, 2.75) is 31.2 Å². The number of phenols is 1. The molecule has 1 aliphatic heterocycles. The van der Waals surface area contributed by atoms with Gasteiger partial charge in [0.2, 0.25) is 0 Å². The molecule has 1 aliphatic rings. The Morgan fingerprint density at radius 1 is 0.929 bits per heavy atom. The lowest BCUT2D eigenvalue weighted by atomic mass is 9.87. The summed E-state index contributed by atoms with van der Waals surface area (Å²) in [6.07, 6.45) is 2.40. The van der Waals surface area contributed by atoms with Gasteiger partial charge in [0.05, 0.1) is 0 Å². The molecule has 5 aromatic rings. The maximum Gasteiger partial charge on any atom is 0.163 e. The van der Waals surface area contributed by atoms with Gasteiger partial charge >= 0.3 is 0 Å². The molecule has 2 N–H and O–H groups in total. The summed E-state index contributed by atoms with van der Waals surface area (Å²) >= 11 is 0. The third kappa shape index (κ3) is 5.81. The lowest BCUT2D eigenvalue weighted by Gasteiger charge is -2.36. The molecule has 214 valence electrons. The quantitative estimate of drug-likeness (QED) is 0.191. The van der Waals surface area contributed by atoms with E-state index in [1.807, 2.05) is 54.6 Å². The molecule has 1 fully saturated rings. The van der Waals surface area contributed by atoms with Gasteiger partial charge in [-0.05, 0) is 92.0 Å². The van der Waals surface area contributed by atoms with Crippen molar-refractivity contribution in [3.05, 3.63) is 120 Å². The van der Waals surface area contributed by atoms with Crippen LogP contribution in [-0.4, -0.2) is 54.0 Å². The highest BCUT2D eigenvalue weighted by molar-refractivity contribution is 5.98. The second kappa shape index (κ2) is 11.8. The van der Waals surface area contributed by atoms with Crippen molar-refractivity contribution in [3.8, 4) is 16.9 Å². The Bertz CT molecular complexity index is 1670. The molecule has 0 saturated carbocycles. The van der Waals surface area contributed by atoms with Crippen LogP contribution in [0.1, 0.15) is 46.8 Å². The van der Waals surface area contributed by atoms with Crippen LogP contribution in [0.5, 0.6) is 5.75 Å². The van der Waals surface area contributed by atoms with Gasteiger partial charge in [0.1, 0.15) is 11.6 Å². The lowest BCUT2D eigenvalue weighted by Crippen LogP contribution is -2.41. The van der Waals surface area contributed by atoms with Crippen molar-refractivity contribution in [2.75, 3.05) is 32.1 Å². The number of aromatic hydroxyl groups is 1. The first-order valence-electron chi connectivity index (χ1n) is 14.6. The second-order valence-corrected chi connectivity index (χ2v) is 11.5. The fourth-order valence-corrected chi connectivity index (χ4v) is 6.16. The summed E-state index contributed by atoms with van der Waals surface area (Å²) in [6.45, 7) is 2.09. The molecule has 42 heavy (non-hydrogen) atoms. The van der Waals surface area contributed by atoms with Crippen LogP contribution in [0.15, 0.2) is 97.1 Å². The van der Waals surface area contributed by atoms with Crippen LogP contribution in [0, 0.1) is 5.82 Å². The predicted molar refractivity (Wildman–Crippen MR) is 168 cm³/mol. The number of ketones is 1. The van der Waals surface area contributed by atoms with Gasteiger partial charge in [-0.3, -0.25) is 4.79 Å². The Labute approximate surface area is 246 Å². The number of benzene rings is 4. The fourth-order valence-electron chi connectivity index (χ4n) is 6.16. The predicted octanol–water partition coefficient (Wildman–Crippen LogP) is 7.61. The number of nitrogens with one attached hydrogen (secondary N) is 1. The molecule has 1 atom stereocenters. The standard InChI is InChI=1S/C36H36FN3O2/c1-39(2)29-16-18-40(19-17-29)30-13-10-24(11-14-30)25-7-5-8-27(20-25)36(42)23-31(32-22-28(37)12-15-35(32)41)34-21-26-6-3-4-9-33(26)38-34/h3-15,20-22,29,31,38,41H,16-19,23H2,1-2H3/t31-/m1/s1. The van der Waals surface area contributed by atoms with Gasteiger partial charge in [-0.1, -0.05) is 48.5 Å². The van der Waals surface area contributed by atoms with E-state index in [4.69, 9.17) is 0 Å². The Morgan fingerprint density at radius 2 is 1.69 bits per heavy atom. The van der Waals surface area contributed by atoms with Gasteiger partial charge in [0.25, 0.3) is 0 Å². The number of carbonyl (C=O) groups is 1. The molecule has 0 amide bonds. The number of aromatic nitrogens is 1. The summed E-state index contributed by atoms with van der Waals surface area (Å²) in [5, 5.41) is 11.7. The van der Waals surface area contributed by atoms with Crippen LogP contribution in [0.3, 0.4) is 0 Å². The summed E-state index contributed by atoms with van der Waals surface area (Å²) in [5.41, 5.74) is 5.89. The van der Waals surface area contributed by atoms with E-state index >= 15 is 0 Å². The van der Waals surface area contributed by atoms with Crippen LogP contribution in [0.25, 0.3) is 22.0 Å². The van der Waals surface area contributed by atoms with Gasteiger partial charge in [-0.2, -0.15) is 0 Å². The largest absolute Gasteiger partial charge is 0.508 e. The molecule has 0 bridgehead atoms. The number of piperidine rings is 1. The van der Waals surface area contributed by atoms with E-state index in [9.17, 15) is 14.3 Å². The van der Waals surface area contributed by atoms with Crippen molar-refractivity contribution < 1.29 is 14.3 Å². The monoisotopic (exact) mass is 561 g/mol. The second-order valence-electron chi connectivity index (χ2n) is 11.5. The SMILES string of the molecule is CN(C)C1CCN(c2ccc(-c3cccc(C(=O)C[C@@H](c4cc5ccccc5[nH]4)c4cc(F)ccc4O)c3)cc2)CC1. The van der Waals surface area contributed by atoms with E-state index in [2.05, 4.69) is 53.1 Å². The highest BCUT2D eigenvalue weighted by atomic mass is 19.1. The van der Waals surface area contributed by atoms with Gasteiger partial charge in [-0.25, -0.2) is 4.39 Å². The number of hydrogen-bond acceptors (Lipinski definition) is 4. The van der Waals surface area contributed by atoms with E-state index in [1.54, 1.807) is 0 Å². The molecule has 0 spiro atoms. The number of aromatic amines is 1. The summed E-state index contributed by atoms with van der Waals surface area (Å²) in [7, 11) is 4.31. The minimum Gasteiger partial charge on any atom is -0.508 e. The molecular weight excluding hydrogens is 525 g/mol. The number of Topliss-reactive ketones (excluding diaryl/α,β-unsaturated/α-hetero) is 1. The van der Waals surface area contributed by atoms with E-state index < -0.39 is 11.7 Å². The first-order valence-corrected chi connectivity index (χ1v) is 14.6. The average Bonchev–Trinajstić information content (AvgIpc) is 3.45. The van der Waals surface area contributed by atoms with Crippen LogP contribution >= 0.6 is 0 Å². The van der Waals surface area contributed by atoms with E-state index in [-0.39, 0.29) is 18.0 Å². The van der Waals surface area contributed by atoms with Crippen LogP contribution in [0.4, 0.5) is 10.1 Å². The number of phenolic OH excluding ortho intramolecular Hbond substituents is 1. The zero-order valence-electron chi connectivity index (χ0n) is 24.1. The van der Waals surface area contributed by atoms with Crippen molar-refractivity contribution >= 4 is 22.4 Å². The first-order chi connectivity index (χ1) is 20.4. The molecule has 0 radical (unpaired) electrons. The summed E-state index contributed by atoms with van der Waals surface area (Å²) in [4.78, 5) is 21.9. The molecule has 1 aromatic heterocycles. The summed E-state index contributed by atoms with van der Waals surface area (Å²) in [6, 6.07) is 30.6. The fraction of sp³-hybridized carbons (Fsp3) is 0.250. The zero-order chi connectivity index (χ0) is 29.2. The van der Waals surface area contributed by atoms with Gasteiger partial charge in [0, 0.05) is 59.5 Å².